The Morgan fingerprint density at radius 1 is 1.38 bits per heavy atom. The fraction of sp³-hybridized carbons (Fsp3) is 0.588. The van der Waals surface area contributed by atoms with Crippen LogP contribution >= 0.6 is 0 Å². The molecule has 0 bridgehead atoms. The van der Waals surface area contributed by atoms with Gasteiger partial charge in [-0.3, -0.25) is 9.69 Å². The van der Waals surface area contributed by atoms with Gasteiger partial charge < -0.3 is 24.3 Å². The third kappa shape index (κ3) is 4.10. The van der Waals surface area contributed by atoms with Gasteiger partial charge >= 0.3 is 0 Å². The van der Waals surface area contributed by atoms with Gasteiger partial charge in [0, 0.05) is 44.7 Å². The second-order valence-electron chi connectivity index (χ2n) is 6.02. The highest BCUT2D eigenvalue weighted by atomic mass is 16.7. The summed E-state index contributed by atoms with van der Waals surface area (Å²) < 4.78 is 22.1. The molecule has 0 aromatic heterocycles. The minimum Gasteiger partial charge on any atom is -0.496 e. The zero-order valence-electron chi connectivity index (χ0n) is 14.2. The summed E-state index contributed by atoms with van der Waals surface area (Å²) in [6.07, 6.45) is 0.944. The first kappa shape index (κ1) is 16.9. The second-order valence-corrected chi connectivity index (χ2v) is 6.02. The van der Waals surface area contributed by atoms with E-state index in [4.69, 9.17) is 18.9 Å². The Bertz CT molecular complexity index is 593. The predicted molar refractivity (Wildman–Crippen MR) is 87.4 cm³/mol. The van der Waals surface area contributed by atoms with E-state index in [1.165, 1.54) is 6.92 Å². The lowest BCUT2D eigenvalue weighted by molar-refractivity contribution is -0.119. The molecule has 2 aliphatic rings. The van der Waals surface area contributed by atoms with Gasteiger partial charge in [-0.25, -0.2) is 0 Å². The number of hydrogen-bond donors (Lipinski definition) is 1. The molecule has 1 atom stereocenters. The minimum absolute atomic E-state index is 0.00670. The molecule has 1 saturated heterocycles. The van der Waals surface area contributed by atoms with Crippen LogP contribution in [0.5, 0.6) is 17.2 Å². The van der Waals surface area contributed by atoms with E-state index in [0.29, 0.717) is 13.2 Å². The number of rotatable bonds is 6. The Kier molecular flexibility index (Phi) is 5.42. The summed E-state index contributed by atoms with van der Waals surface area (Å²) in [5.41, 5.74) is 1.07. The van der Waals surface area contributed by atoms with E-state index < -0.39 is 0 Å². The van der Waals surface area contributed by atoms with Crippen LogP contribution in [0.15, 0.2) is 12.1 Å². The largest absolute Gasteiger partial charge is 0.496 e. The van der Waals surface area contributed by atoms with Crippen LogP contribution in [0.2, 0.25) is 0 Å². The molecule has 0 saturated carbocycles. The number of nitrogens with one attached hydrogen (secondary N) is 1. The van der Waals surface area contributed by atoms with E-state index in [1.807, 2.05) is 12.1 Å². The van der Waals surface area contributed by atoms with Gasteiger partial charge in [-0.2, -0.15) is 0 Å². The maximum absolute atomic E-state index is 11.0. The zero-order valence-corrected chi connectivity index (χ0v) is 14.2. The molecule has 1 N–H and O–H groups in total. The Morgan fingerprint density at radius 3 is 2.92 bits per heavy atom. The lowest BCUT2D eigenvalue weighted by Gasteiger charge is -2.33. The molecule has 1 amide bonds. The minimum atomic E-state index is -0.00670. The number of morpholine rings is 1. The molecular weight excluding hydrogens is 312 g/mol. The van der Waals surface area contributed by atoms with Crippen LogP contribution in [0.25, 0.3) is 0 Å². The van der Waals surface area contributed by atoms with Crippen molar-refractivity contribution in [3.63, 3.8) is 0 Å². The lowest BCUT2D eigenvalue weighted by Crippen LogP contribution is -2.43. The van der Waals surface area contributed by atoms with Gasteiger partial charge in [-0.05, 0) is 12.5 Å². The maximum Gasteiger partial charge on any atom is 0.231 e. The van der Waals surface area contributed by atoms with Crippen LogP contribution < -0.4 is 19.5 Å². The Morgan fingerprint density at radius 2 is 2.17 bits per heavy atom. The standard InChI is InChI=1S/C17H24N2O5/c1-12(20)18-4-3-14-10-19(5-6-22-14)9-13-7-16-17(24-11-23-16)8-15(13)21-2/h7-8,14H,3-6,9-11H2,1-2H3,(H,18,20). The van der Waals surface area contributed by atoms with Gasteiger partial charge in [0.1, 0.15) is 5.75 Å². The van der Waals surface area contributed by atoms with Crippen molar-refractivity contribution in [3.8, 4) is 17.2 Å². The number of fused-ring (bicyclic) bond motifs is 1. The monoisotopic (exact) mass is 336 g/mol. The normalized spacial score (nSPS) is 20.0. The molecule has 1 aromatic carbocycles. The highest BCUT2D eigenvalue weighted by Crippen LogP contribution is 2.38. The second kappa shape index (κ2) is 7.72. The highest BCUT2D eigenvalue weighted by molar-refractivity contribution is 5.72. The van der Waals surface area contributed by atoms with Gasteiger partial charge in [0.05, 0.1) is 19.8 Å². The number of ether oxygens (including phenoxy) is 4. The van der Waals surface area contributed by atoms with Crippen LogP contribution in [0.3, 0.4) is 0 Å². The summed E-state index contributed by atoms with van der Waals surface area (Å²) in [4.78, 5) is 13.3. The average Bonchev–Trinajstić information content (AvgIpc) is 3.01. The van der Waals surface area contributed by atoms with Crippen molar-refractivity contribution in [2.24, 2.45) is 0 Å². The Labute approximate surface area is 141 Å². The van der Waals surface area contributed by atoms with Gasteiger partial charge in [0.2, 0.25) is 12.7 Å². The third-order valence-corrected chi connectivity index (χ3v) is 4.23. The van der Waals surface area contributed by atoms with Gasteiger partial charge in [0.25, 0.3) is 0 Å². The topological polar surface area (TPSA) is 69.3 Å². The van der Waals surface area contributed by atoms with E-state index >= 15 is 0 Å². The van der Waals surface area contributed by atoms with E-state index in [9.17, 15) is 4.79 Å². The van der Waals surface area contributed by atoms with Gasteiger partial charge in [-0.15, -0.1) is 0 Å². The first-order valence-electron chi connectivity index (χ1n) is 8.20. The van der Waals surface area contributed by atoms with Crippen LogP contribution in [0.4, 0.5) is 0 Å². The number of carbonyl (C=O) groups excluding carboxylic acids is 1. The molecule has 132 valence electrons. The molecule has 1 unspecified atom stereocenters. The van der Waals surface area contributed by atoms with Crippen LogP contribution in [-0.2, 0) is 16.1 Å². The number of methoxy groups -OCH3 is 1. The summed E-state index contributed by atoms with van der Waals surface area (Å²) >= 11 is 0. The summed E-state index contributed by atoms with van der Waals surface area (Å²) in [7, 11) is 1.66. The van der Waals surface area contributed by atoms with Crippen molar-refractivity contribution < 1.29 is 23.7 Å². The van der Waals surface area contributed by atoms with Crippen molar-refractivity contribution in [1.82, 2.24) is 10.2 Å². The Balaban J connectivity index is 1.60. The molecule has 7 heteroatoms. The van der Waals surface area contributed by atoms with Crippen molar-refractivity contribution >= 4 is 5.91 Å². The molecule has 2 heterocycles. The van der Waals surface area contributed by atoms with Gasteiger partial charge in [-0.1, -0.05) is 0 Å². The Hall–Kier alpha value is -1.99. The number of carbonyl (C=O) groups is 1. The first-order chi connectivity index (χ1) is 11.7. The zero-order chi connectivity index (χ0) is 16.9. The number of hydrogen-bond acceptors (Lipinski definition) is 6. The number of benzene rings is 1. The SMILES string of the molecule is COc1cc2c(cc1CN1CCOC(CCNC(C)=O)C1)OCO2. The lowest BCUT2D eigenvalue weighted by atomic mass is 10.1. The van der Waals surface area contributed by atoms with Crippen LogP contribution in [-0.4, -0.2) is 57.1 Å². The fourth-order valence-electron chi connectivity index (χ4n) is 3.03. The van der Waals surface area contributed by atoms with E-state index in [-0.39, 0.29) is 18.8 Å². The van der Waals surface area contributed by atoms with Crippen molar-refractivity contribution in [2.45, 2.75) is 26.0 Å². The first-order valence-corrected chi connectivity index (χ1v) is 8.20. The molecular formula is C17H24N2O5. The van der Waals surface area contributed by atoms with Crippen LogP contribution in [0.1, 0.15) is 18.9 Å². The molecule has 0 spiro atoms. The molecule has 1 aromatic rings. The van der Waals surface area contributed by atoms with Crippen molar-refractivity contribution in [2.75, 3.05) is 40.1 Å². The quantitative estimate of drug-likeness (QED) is 0.840. The van der Waals surface area contributed by atoms with Crippen molar-refractivity contribution in [3.05, 3.63) is 17.7 Å². The molecule has 0 radical (unpaired) electrons. The van der Waals surface area contributed by atoms with Crippen LogP contribution in [0, 0.1) is 0 Å². The third-order valence-electron chi connectivity index (χ3n) is 4.23. The molecule has 2 aliphatic heterocycles. The van der Waals surface area contributed by atoms with E-state index in [0.717, 1.165) is 48.9 Å². The number of amides is 1. The van der Waals surface area contributed by atoms with Crippen molar-refractivity contribution in [1.29, 1.82) is 0 Å². The van der Waals surface area contributed by atoms with Gasteiger partial charge in [0.15, 0.2) is 11.5 Å². The molecule has 3 rings (SSSR count). The molecule has 7 nitrogen and oxygen atoms in total. The summed E-state index contributed by atoms with van der Waals surface area (Å²) in [6, 6.07) is 3.87. The summed E-state index contributed by atoms with van der Waals surface area (Å²) in [5.74, 6) is 2.29. The average molecular weight is 336 g/mol. The van der Waals surface area contributed by atoms with E-state index in [2.05, 4.69) is 10.2 Å². The predicted octanol–water partition coefficient (Wildman–Crippen LogP) is 1.15. The highest BCUT2D eigenvalue weighted by Gasteiger charge is 2.23. The molecule has 24 heavy (non-hydrogen) atoms. The smallest absolute Gasteiger partial charge is 0.231 e. The summed E-state index contributed by atoms with van der Waals surface area (Å²) in [5, 5.41) is 2.82. The molecule has 0 aliphatic carbocycles. The fourth-order valence-corrected chi connectivity index (χ4v) is 3.03. The number of nitrogens with zero attached hydrogens (tertiary/aromatic N) is 1. The summed E-state index contributed by atoms with van der Waals surface area (Å²) in [6.45, 7) is 5.58. The maximum atomic E-state index is 11.0. The van der Waals surface area contributed by atoms with E-state index in [1.54, 1.807) is 7.11 Å². The molecule has 1 fully saturated rings.